The second-order valence-corrected chi connectivity index (χ2v) is 5.55. The number of nitro benzene ring substituents is 1. The number of non-ortho nitro benzene ring substituents is 1. The van der Waals surface area contributed by atoms with E-state index in [2.05, 4.69) is 24.0 Å². The molecule has 0 aliphatic carbocycles. The summed E-state index contributed by atoms with van der Waals surface area (Å²) < 4.78 is 3.65. The van der Waals surface area contributed by atoms with Crippen molar-refractivity contribution in [2.75, 3.05) is 0 Å². The van der Waals surface area contributed by atoms with E-state index in [0.717, 1.165) is 11.2 Å². The van der Waals surface area contributed by atoms with Crippen molar-refractivity contribution < 1.29 is 4.92 Å². The van der Waals surface area contributed by atoms with E-state index in [1.807, 2.05) is 23.0 Å². The molecule has 2 aromatic heterocycles. The zero-order valence-electron chi connectivity index (χ0n) is 12.7. The van der Waals surface area contributed by atoms with Gasteiger partial charge in [0.25, 0.3) is 5.69 Å². The Labute approximate surface area is 127 Å². The first-order valence-electron chi connectivity index (χ1n) is 7.12. The third-order valence-corrected chi connectivity index (χ3v) is 3.63. The highest BCUT2D eigenvalue weighted by Crippen LogP contribution is 2.28. The minimum atomic E-state index is -0.366. The molecule has 0 bridgehead atoms. The molecule has 0 N–H and O–H groups in total. The van der Waals surface area contributed by atoms with Gasteiger partial charge in [0, 0.05) is 18.3 Å². The van der Waals surface area contributed by atoms with Crippen LogP contribution in [0.5, 0.6) is 0 Å². The molecular formula is C15H17N5O2. The van der Waals surface area contributed by atoms with Crippen molar-refractivity contribution in [1.29, 1.82) is 0 Å². The monoisotopic (exact) mass is 299 g/mol. The Hall–Kier alpha value is -2.70. The third kappa shape index (κ3) is 2.34. The number of benzene rings is 1. The SMILES string of the molecule is Cc1nn(Cc2ccn(C(C)C)n2)c2cccc([N+](=O)[O-])c12. The summed E-state index contributed by atoms with van der Waals surface area (Å²) in [6, 6.07) is 7.28. The summed E-state index contributed by atoms with van der Waals surface area (Å²) in [6.07, 6.45) is 1.93. The molecule has 0 atom stereocenters. The molecule has 0 unspecified atom stereocenters. The first kappa shape index (κ1) is 14.2. The molecule has 0 aliphatic rings. The maximum atomic E-state index is 11.2. The number of rotatable bonds is 4. The zero-order chi connectivity index (χ0) is 15.9. The topological polar surface area (TPSA) is 78.8 Å². The van der Waals surface area contributed by atoms with Crippen molar-refractivity contribution >= 4 is 16.6 Å². The summed E-state index contributed by atoms with van der Waals surface area (Å²) >= 11 is 0. The van der Waals surface area contributed by atoms with E-state index in [0.29, 0.717) is 23.7 Å². The predicted octanol–water partition coefficient (Wildman–Crippen LogP) is 3.08. The van der Waals surface area contributed by atoms with Gasteiger partial charge in [0.05, 0.1) is 28.4 Å². The Morgan fingerprint density at radius 2 is 2.05 bits per heavy atom. The van der Waals surface area contributed by atoms with Crippen LogP contribution in [0.25, 0.3) is 10.9 Å². The largest absolute Gasteiger partial charge is 0.280 e. The summed E-state index contributed by atoms with van der Waals surface area (Å²) in [4.78, 5) is 10.8. The van der Waals surface area contributed by atoms with Crippen molar-refractivity contribution in [2.24, 2.45) is 0 Å². The molecule has 0 saturated heterocycles. The van der Waals surface area contributed by atoms with Crippen LogP contribution in [0.15, 0.2) is 30.5 Å². The van der Waals surface area contributed by atoms with E-state index in [4.69, 9.17) is 0 Å². The van der Waals surface area contributed by atoms with E-state index >= 15 is 0 Å². The van der Waals surface area contributed by atoms with Crippen molar-refractivity contribution in [3.05, 3.63) is 52.0 Å². The molecule has 0 saturated carbocycles. The van der Waals surface area contributed by atoms with Crippen molar-refractivity contribution in [3.63, 3.8) is 0 Å². The van der Waals surface area contributed by atoms with Crippen LogP contribution in [0.4, 0.5) is 5.69 Å². The van der Waals surface area contributed by atoms with Gasteiger partial charge >= 0.3 is 0 Å². The average Bonchev–Trinajstić information content (AvgIpc) is 3.05. The molecule has 3 rings (SSSR count). The van der Waals surface area contributed by atoms with Gasteiger partial charge in [-0.1, -0.05) is 6.07 Å². The second-order valence-electron chi connectivity index (χ2n) is 5.55. The Morgan fingerprint density at radius 3 is 2.68 bits per heavy atom. The van der Waals surface area contributed by atoms with Gasteiger partial charge in [-0.25, -0.2) is 0 Å². The van der Waals surface area contributed by atoms with Crippen LogP contribution in [-0.4, -0.2) is 24.5 Å². The number of hydrogen-bond donors (Lipinski definition) is 0. The number of aryl methyl sites for hydroxylation is 1. The lowest BCUT2D eigenvalue weighted by Gasteiger charge is -2.04. The average molecular weight is 299 g/mol. The van der Waals surface area contributed by atoms with Crippen LogP contribution in [0.3, 0.4) is 0 Å². The molecule has 7 heteroatoms. The molecule has 22 heavy (non-hydrogen) atoms. The first-order valence-corrected chi connectivity index (χ1v) is 7.12. The molecule has 7 nitrogen and oxygen atoms in total. The fraction of sp³-hybridized carbons (Fsp3) is 0.333. The van der Waals surface area contributed by atoms with Gasteiger partial charge in [0.2, 0.25) is 0 Å². The molecule has 1 aromatic carbocycles. The zero-order valence-corrected chi connectivity index (χ0v) is 12.7. The van der Waals surface area contributed by atoms with E-state index in [1.54, 1.807) is 17.7 Å². The third-order valence-electron chi connectivity index (χ3n) is 3.63. The van der Waals surface area contributed by atoms with Crippen LogP contribution in [-0.2, 0) is 6.54 Å². The molecule has 114 valence electrons. The molecule has 0 spiro atoms. The summed E-state index contributed by atoms with van der Waals surface area (Å²) in [5.41, 5.74) is 2.38. The maximum Gasteiger partial charge on any atom is 0.280 e. The molecule has 0 fully saturated rings. The van der Waals surface area contributed by atoms with Crippen LogP contribution < -0.4 is 0 Å². The van der Waals surface area contributed by atoms with Gasteiger partial charge in [-0.2, -0.15) is 10.2 Å². The van der Waals surface area contributed by atoms with Gasteiger partial charge in [-0.3, -0.25) is 19.5 Å². The number of nitro groups is 1. The predicted molar refractivity (Wildman–Crippen MR) is 82.8 cm³/mol. The molecule has 0 amide bonds. The Kier molecular flexibility index (Phi) is 3.40. The molecule has 0 aliphatic heterocycles. The highest BCUT2D eigenvalue weighted by Gasteiger charge is 2.18. The first-order chi connectivity index (χ1) is 10.5. The van der Waals surface area contributed by atoms with Crippen molar-refractivity contribution in [3.8, 4) is 0 Å². The minimum absolute atomic E-state index is 0.0916. The quantitative estimate of drug-likeness (QED) is 0.548. The fourth-order valence-electron chi connectivity index (χ4n) is 2.57. The van der Waals surface area contributed by atoms with Gasteiger partial charge in [0.1, 0.15) is 5.39 Å². The van der Waals surface area contributed by atoms with E-state index in [-0.39, 0.29) is 10.6 Å². The smallest absolute Gasteiger partial charge is 0.270 e. The fourth-order valence-corrected chi connectivity index (χ4v) is 2.57. The van der Waals surface area contributed by atoms with Gasteiger partial charge in [-0.05, 0) is 32.9 Å². The Balaban J connectivity index is 2.04. The summed E-state index contributed by atoms with van der Waals surface area (Å²) in [5, 5.41) is 20.7. The molecular weight excluding hydrogens is 282 g/mol. The number of nitrogens with zero attached hydrogens (tertiary/aromatic N) is 5. The van der Waals surface area contributed by atoms with Crippen molar-refractivity contribution in [2.45, 2.75) is 33.4 Å². The molecule has 3 aromatic rings. The lowest BCUT2D eigenvalue weighted by molar-refractivity contribution is -0.383. The summed E-state index contributed by atoms with van der Waals surface area (Å²) in [5.74, 6) is 0. The number of fused-ring (bicyclic) bond motifs is 1. The van der Waals surface area contributed by atoms with Crippen LogP contribution >= 0.6 is 0 Å². The van der Waals surface area contributed by atoms with Crippen molar-refractivity contribution in [1.82, 2.24) is 19.6 Å². The lowest BCUT2D eigenvalue weighted by Crippen LogP contribution is -2.05. The van der Waals surface area contributed by atoms with E-state index < -0.39 is 0 Å². The molecule has 2 heterocycles. The van der Waals surface area contributed by atoms with E-state index in [1.165, 1.54) is 6.07 Å². The molecule has 0 radical (unpaired) electrons. The van der Waals surface area contributed by atoms with Crippen LogP contribution in [0.1, 0.15) is 31.3 Å². The second kappa shape index (κ2) is 5.25. The van der Waals surface area contributed by atoms with E-state index in [9.17, 15) is 10.1 Å². The number of hydrogen-bond acceptors (Lipinski definition) is 4. The minimum Gasteiger partial charge on any atom is -0.270 e. The van der Waals surface area contributed by atoms with Gasteiger partial charge in [0.15, 0.2) is 0 Å². The lowest BCUT2D eigenvalue weighted by atomic mass is 10.2. The van der Waals surface area contributed by atoms with Gasteiger partial charge in [-0.15, -0.1) is 0 Å². The maximum absolute atomic E-state index is 11.2. The van der Waals surface area contributed by atoms with Crippen LogP contribution in [0, 0.1) is 17.0 Å². The Morgan fingerprint density at radius 1 is 1.27 bits per heavy atom. The highest BCUT2D eigenvalue weighted by atomic mass is 16.6. The number of aromatic nitrogens is 4. The summed E-state index contributed by atoms with van der Waals surface area (Å²) in [6.45, 7) is 6.41. The van der Waals surface area contributed by atoms with Crippen LogP contribution in [0.2, 0.25) is 0 Å². The Bertz CT molecular complexity index is 847. The van der Waals surface area contributed by atoms with Gasteiger partial charge < -0.3 is 0 Å². The highest BCUT2D eigenvalue weighted by molar-refractivity contribution is 5.90. The standard InChI is InChI=1S/C15H17N5O2/c1-10(2)18-8-7-12(17-18)9-19-13-5-4-6-14(20(21)22)15(13)11(3)16-19/h4-8,10H,9H2,1-3H3. The normalized spacial score (nSPS) is 11.5. The summed E-state index contributed by atoms with van der Waals surface area (Å²) in [7, 11) is 0.